The number of carbonyl (C=O) groups is 5. The van der Waals surface area contributed by atoms with Crippen LogP contribution in [-0.4, -0.2) is 169 Å². The molecule has 6 N–H and O–H groups in total. The lowest BCUT2D eigenvalue weighted by atomic mass is 9.85. The zero-order valence-corrected chi connectivity index (χ0v) is 45.7. The Balaban J connectivity index is 0.667. The largest absolute Gasteiger partial charge is 0.391 e. The van der Waals surface area contributed by atoms with E-state index in [2.05, 4.69) is 43.1 Å². The Kier molecular flexibility index (Phi) is 22.0. The van der Waals surface area contributed by atoms with Crippen LogP contribution in [0.25, 0.3) is 21.5 Å². The molecule has 20 nitrogen and oxygen atoms in total. The summed E-state index contributed by atoms with van der Waals surface area (Å²) in [5, 5.41) is 22.1. The molecule has 2 aliphatic rings. The number of ether oxygens (including phenoxy) is 5. The van der Waals surface area contributed by atoms with Crippen molar-refractivity contribution in [3.8, 4) is 10.4 Å². The summed E-state index contributed by atoms with van der Waals surface area (Å²) in [6.07, 6.45) is 1.66. The maximum Gasteiger partial charge on any atom is 0.255 e. The first kappa shape index (κ1) is 58.5. The zero-order valence-electron chi connectivity index (χ0n) is 44.9. The fraction of sp³-hybridized carbons (Fsp3) is 0.518. The summed E-state index contributed by atoms with van der Waals surface area (Å²) < 4.78 is 27.8. The number of amides is 5. The first-order valence-electron chi connectivity index (χ1n) is 26.5. The molecule has 2 aliphatic heterocycles. The summed E-state index contributed by atoms with van der Waals surface area (Å²) in [6, 6.07) is 18.7. The number of aliphatic hydroxyl groups is 1. The number of nitrogens with zero attached hydrogens (tertiary/aromatic N) is 4. The summed E-state index contributed by atoms with van der Waals surface area (Å²) in [6.45, 7) is 15.3. The number of imidazole rings is 1. The number of likely N-dealkylation sites (tertiary alicyclic amines) is 2. The number of benzene rings is 3. The van der Waals surface area contributed by atoms with Gasteiger partial charge in [0.1, 0.15) is 17.9 Å². The molecule has 3 aromatic carbocycles. The zero-order chi connectivity index (χ0) is 54.7. The van der Waals surface area contributed by atoms with Crippen LogP contribution in [0.4, 0.5) is 5.69 Å². The summed E-state index contributed by atoms with van der Waals surface area (Å²) in [4.78, 5) is 83.4. The second-order valence-electron chi connectivity index (χ2n) is 20.4. The number of aliphatic hydroxyl groups excluding tert-OH is 1. The molecule has 4 atom stereocenters. The highest BCUT2D eigenvalue weighted by atomic mass is 32.1. The number of hydrogen-bond acceptors (Lipinski definition) is 15. The van der Waals surface area contributed by atoms with E-state index in [4.69, 9.17) is 28.7 Å². The Hall–Kier alpha value is -6.17. The van der Waals surface area contributed by atoms with Crippen molar-refractivity contribution in [3.63, 3.8) is 0 Å². The summed E-state index contributed by atoms with van der Waals surface area (Å²) in [5.41, 5.74) is 7.25. The number of aromatic nitrogens is 3. The van der Waals surface area contributed by atoms with Crippen LogP contribution in [0, 0.1) is 12.3 Å². The number of hydrogen-bond donors (Lipinski definition) is 6. The standard InChI is InChI=1S/C56H75N9O11S/c1-37-7-6-20-64(37)35-48-61-45-17-16-43(31-46(45)62-48)60-53(69)42-14-12-41(13-15-42)52(68)57-19-22-73-24-26-75-28-30-76-29-27-74-25-23-72-21-18-49(67)63-51(56(3,4)5)55(71)65-34-44(66)32-47(65)54(70)58-33-39-8-10-40(11-9-39)50-38(2)59-36-77-50/h8-17,31,36-37,44,47,51,66H,6-7,18-30,32-35H2,1-5H3,(H,57,68)(H,58,70)(H,60,69)(H,61,62)(H,63,67)/t37-,44+,47-,51+/m0/s1. The molecule has 2 saturated heterocycles. The van der Waals surface area contributed by atoms with Crippen molar-refractivity contribution in [3.05, 3.63) is 100 Å². The van der Waals surface area contributed by atoms with Crippen molar-refractivity contribution in [2.24, 2.45) is 5.41 Å². The van der Waals surface area contributed by atoms with Crippen molar-refractivity contribution in [2.45, 2.75) is 97.6 Å². The number of β-amino-alcohol motifs (C(OH)–C–C–N with tert-alkyl or cyclic N) is 1. The van der Waals surface area contributed by atoms with Crippen LogP contribution in [-0.2, 0) is 51.2 Å². The molecule has 7 rings (SSSR count). The van der Waals surface area contributed by atoms with Crippen molar-refractivity contribution < 1.29 is 52.8 Å². The van der Waals surface area contributed by atoms with Gasteiger partial charge >= 0.3 is 0 Å². The van der Waals surface area contributed by atoms with Crippen molar-refractivity contribution in [1.82, 2.24) is 40.7 Å². The topological polar surface area (TPSA) is 248 Å². The first-order valence-corrected chi connectivity index (χ1v) is 27.4. The smallest absolute Gasteiger partial charge is 0.255 e. The molecule has 0 bridgehead atoms. The molecule has 5 aromatic rings. The van der Waals surface area contributed by atoms with Crippen LogP contribution in [0.1, 0.15) is 91.2 Å². The van der Waals surface area contributed by atoms with E-state index >= 15 is 0 Å². The fourth-order valence-electron chi connectivity index (χ4n) is 9.11. The number of carbonyl (C=O) groups excluding carboxylic acids is 5. The minimum atomic E-state index is -0.936. The lowest BCUT2D eigenvalue weighted by molar-refractivity contribution is -0.144. The average Bonchev–Trinajstić information content (AvgIpc) is 4.26. The molecule has 0 radical (unpaired) electrons. The number of nitrogens with one attached hydrogen (secondary N) is 5. The number of rotatable bonds is 29. The highest BCUT2D eigenvalue weighted by Crippen LogP contribution is 2.29. The van der Waals surface area contributed by atoms with Crippen molar-refractivity contribution in [2.75, 3.05) is 91.0 Å². The maximum atomic E-state index is 13.9. The third-order valence-corrected chi connectivity index (χ3v) is 14.4. The van der Waals surface area contributed by atoms with Gasteiger partial charge in [-0.05, 0) is 92.2 Å². The van der Waals surface area contributed by atoms with Gasteiger partial charge < -0.3 is 59.9 Å². The predicted molar refractivity (Wildman–Crippen MR) is 292 cm³/mol. The van der Waals surface area contributed by atoms with Crippen molar-refractivity contribution >= 4 is 57.6 Å². The van der Waals surface area contributed by atoms with Gasteiger partial charge in [0.05, 0.1) is 106 Å². The first-order chi connectivity index (χ1) is 37.1. The molecule has 2 aromatic heterocycles. The number of aryl methyl sites for hydroxylation is 1. The Morgan fingerprint density at radius 2 is 1.45 bits per heavy atom. The van der Waals surface area contributed by atoms with Gasteiger partial charge in [0.15, 0.2) is 0 Å². The minimum absolute atomic E-state index is 0.0111. The molecular formula is C56H75N9O11S. The number of anilines is 1. The van der Waals surface area contributed by atoms with E-state index in [-0.39, 0.29) is 62.8 Å². The Morgan fingerprint density at radius 3 is 2.06 bits per heavy atom. The Bertz CT molecular complexity index is 2710. The van der Waals surface area contributed by atoms with Gasteiger partial charge in [-0.1, -0.05) is 45.0 Å². The molecular weight excluding hydrogens is 1010 g/mol. The maximum absolute atomic E-state index is 13.9. The molecule has 416 valence electrons. The van der Waals surface area contributed by atoms with E-state index in [0.717, 1.165) is 51.6 Å². The summed E-state index contributed by atoms with van der Waals surface area (Å²) >= 11 is 1.57. The highest BCUT2D eigenvalue weighted by Gasteiger charge is 2.44. The molecule has 77 heavy (non-hydrogen) atoms. The van der Waals surface area contributed by atoms with E-state index in [9.17, 15) is 29.1 Å². The summed E-state index contributed by atoms with van der Waals surface area (Å²) in [5.74, 6) is -0.807. The van der Waals surface area contributed by atoms with Gasteiger partial charge in [-0.2, -0.15) is 0 Å². The number of thiazole rings is 1. The minimum Gasteiger partial charge on any atom is -0.391 e. The van der Waals surface area contributed by atoms with Crippen LogP contribution in [0.2, 0.25) is 0 Å². The Labute approximate surface area is 454 Å². The third-order valence-electron chi connectivity index (χ3n) is 13.4. The number of H-pyrrole nitrogens is 1. The highest BCUT2D eigenvalue weighted by molar-refractivity contribution is 7.13. The molecule has 4 heterocycles. The molecule has 2 fully saturated rings. The fourth-order valence-corrected chi connectivity index (χ4v) is 9.92. The second-order valence-corrected chi connectivity index (χ2v) is 21.3. The monoisotopic (exact) mass is 1080 g/mol. The van der Waals surface area contributed by atoms with E-state index in [1.165, 1.54) is 17.7 Å². The van der Waals surface area contributed by atoms with E-state index in [1.807, 2.05) is 75.7 Å². The Morgan fingerprint density at radius 1 is 0.818 bits per heavy atom. The molecule has 0 unspecified atom stereocenters. The van der Waals surface area contributed by atoms with E-state index < -0.39 is 29.5 Å². The SMILES string of the molecule is Cc1ncsc1-c1ccc(CNC(=O)[C@@H]2C[C@@H](O)CN2C(=O)[C@@H](NC(=O)CCOCCOCCOCCOCCOCCNC(=O)c2ccc(C(=O)Nc3ccc4nc(CN5CCC[C@@H]5C)[nH]c4c3)cc2)C(C)(C)C)cc1. The van der Waals surface area contributed by atoms with Gasteiger partial charge in [0.25, 0.3) is 11.8 Å². The van der Waals surface area contributed by atoms with Crippen LogP contribution < -0.4 is 21.3 Å². The molecule has 0 spiro atoms. The average molecular weight is 1080 g/mol. The molecule has 21 heteroatoms. The van der Waals surface area contributed by atoms with E-state index in [1.54, 1.807) is 35.6 Å². The predicted octanol–water partition coefficient (Wildman–Crippen LogP) is 5.24. The van der Waals surface area contributed by atoms with Crippen LogP contribution in [0.3, 0.4) is 0 Å². The molecule has 0 aliphatic carbocycles. The van der Waals surface area contributed by atoms with Gasteiger partial charge in [-0.25, -0.2) is 9.97 Å². The lowest BCUT2D eigenvalue weighted by Crippen LogP contribution is -2.57. The van der Waals surface area contributed by atoms with Crippen molar-refractivity contribution in [1.29, 1.82) is 0 Å². The van der Waals surface area contributed by atoms with E-state index in [0.29, 0.717) is 82.3 Å². The van der Waals surface area contributed by atoms with Crippen LogP contribution >= 0.6 is 11.3 Å². The quantitative estimate of drug-likeness (QED) is 0.0336. The number of fused-ring (bicyclic) bond motifs is 1. The normalized spacial score (nSPS) is 17.2. The van der Waals surface area contributed by atoms with Gasteiger partial charge in [-0.15, -0.1) is 11.3 Å². The van der Waals surface area contributed by atoms with Gasteiger partial charge in [0, 0.05) is 55.3 Å². The summed E-state index contributed by atoms with van der Waals surface area (Å²) in [7, 11) is 0. The number of aromatic amines is 1. The van der Waals surface area contributed by atoms with Gasteiger partial charge in [0.2, 0.25) is 17.7 Å². The van der Waals surface area contributed by atoms with Crippen LogP contribution in [0.5, 0.6) is 0 Å². The lowest BCUT2D eigenvalue weighted by Gasteiger charge is -2.35. The van der Waals surface area contributed by atoms with Gasteiger partial charge in [-0.3, -0.25) is 28.9 Å². The van der Waals surface area contributed by atoms with Crippen LogP contribution in [0.15, 0.2) is 72.2 Å². The second kappa shape index (κ2) is 29.0. The molecule has 5 amide bonds. The third kappa shape index (κ3) is 17.7. The molecule has 0 saturated carbocycles.